The van der Waals surface area contributed by atoms with Crippen LogP contribution in [-0.4, -0.2) is 30.3 Å². The number of nitrogens with one attached hydrogen (secondary N) is 1. The lowest BCUT2D eigenvalue weighted by atomic mass is 10.3. The Kier molecular flexibility index (Phi) is 5.45. The number of carboxylic acid groups (broad SMARTS) is 1. The van der Waals surface area contributed by atoms with E-state index in [1.807, 2.05) is 0 Å². The number of carboxylic acids is 1. The molecule has 0 saturated carbocycles. The van der Waals surface area contributed by atoms with Gasteiger partial charge in [-0.1, -0.05) is 0 Å². The summed E-state index contributed by atoms with van der Waals surface area (Å²) in [6.45, 7) is 0.158. The van der Waals surface area contributed by atoms with Gasteiger partial charge in [0.2, 0.25) is 0 Å². The minimum atomic E-state index is -4.14. The average molecular weight is 199 g/mol. The van der Waals surface area contributed by atoms with Crippen molar-refractivity contribution in [3.8, 4) is 0 Å². The molecule has 0 amide bonds. The van der Waals surface area contributed by atoms with Crippen molar-refractivity contribution < 1.29 is 23.1 Å². The lowest BCUT2D eigenvalue weighted by Gasteiger charge is -2.06. The van der Waals surface area contributed by atoms with Gasteiger partial charge in [-0.15, -0.1) is 0 Å². The maximum atomic E-state index is 11.6. The highest BCUT2D eigenvalue weighted by Crippen LogP contribution is 2.17. The molecule has 0 fully saturated rings. The van der Waals surface area contributed by atoms with E-state index in [1.165, 1.54) is 0 Å². The standard InChI is InChI=1S/C7H12F3NO2/c8-7(9,10)3-5-11-4-1-2-6(12)13/h11H,1-5H2,(H,12,13). The largest absolute Gasteiger partial charge is 0.481 e. The monoisotopic (exact) mass is 199 g/mol. The molecule has 3 nitrogen and oxygen atoms in total. The Hall–Kier alpha value is -0.780. The fraction of sp³-hybridized carbons (Fsp3) is 0.857. The molecule has 0 heterocycles. The molecule has 0 aromatic heterocycles. The van der Waals surface area contributed by atoms with Crippen molar-refractivity contribution in [2.45, 2.75) is 25.4 Å². The van der Waals surface area contributed by atoms with Crippen molar-refractivity contribution in [2.75, 3.05) is 13.1 Å². The topological polar surface area (TPSA) is 49.3 Å². The molecule has 0 aromatic rings. The van der Waals surface area contributed by atoms with E-state index in [0.717, 1.165) is 0 Å². The third-order valence-corrected chi connectivity index (χ3v) is 1.33. The Balaban J connectivity index is 3.13. The van der Waals surface area contributed by atoms with E-state index in [0.29, 0.717) is 13.0 Å². The molecule has 2 N–H and O–H groups in total. The van der Waals surface area contributed by atoms with Gasteiger partial charge < -0.3 is 10.4 Å². The normalized spacial score (nSPS) is 11.6. The molecular weight excluding hydrogens is 187 g/mol. The zero-order chi connectivity index (χ0) is 10.3. The van der Waals surface area contributed by atoms with Gasteiger partial charge in [0.05, 0.1) is 6.42 Å². The predicted molar refractivity (Wildman–Crippen MR) is 40.4 cm³/mol. The first kappa shape index (κ1) is 12.2. The fourth-order valence-electron chi connectivity index (χ4n) is 0.720. The Morgan fingerprint density at radius 1 is 1.31 bits per heavy atom. The van der Waals surface area contributed by atoms with Crippen LogP contribution in [-0.2, 0) is 4.79 Å². The third kappa shape index (κ3) is 11.2. The van der Waals surface area contributed by atoms with Crippen LogP contribution in [0.25, 0.3) is 0 Å². The molecule has 0 unspecified atom stereocenters. The minimum absolute atomic E-state index is 0.0149. The molecule has 0 atom stereocenters. The van der Waals surface area contributed by atoms with Gasteiger partial charge in [0.1, 0.15) is 0 Å². The Morgan fingerprint density at radius 2 is 1.92 bits per heavy atom. The van der Waals surface area contributed by atoms with Crippen LogP contribution in [0.4, 0.5) is 13.2 Å². The molecular formula is C7H12F3NO2. The van der Waals surface area contributed by atoms with Crippen LogP contribution in [0.3, 0.4) is 0 Å². The summed E-state index contributed by atoms with van der Waals surface area (Å²) in [4.78, 5) is 9.98. The molecule has 0 bridgehead atoms. The van der Waals surface area contributed by atoms with Gasteiger partial charge in [0.25, 0.3) is 0 Å². The molecule has 0 saturated heterocycles. The lowest BCUT2D eigenvalue weighted by molar-refractivity contribution is -0.137. The first-order valence-electron chi connectivity index (χ1n) is 3.91. The van der Waals surface area contributed by atoms with Gasteiger partial charge in [-0.05, 0) is 13.0 Å². The SMILES string of the molecule is O=C(O)CCCNCCC(F)(F)F. The molecule has 0 aliphatic rings. The quantitative estimate of drug-likeness (QED) is 0.635. The van der Waals surface area contributed by atoms with Crippen LogP contribution in [0.5, 0.6) is 0 Å². The summed E-state index contributed by atoms with van der Waals surface area (Å²) in [6.07, 6.45) is -4.67. The summed E-state index contributed by atoms with van der Waals surface area (Å²) in [5.41, 5.74) is 0. The second-order valence-electron chi connectivity index (χ2n) is 2.61. The van der Waals surface area contributed by atoms with E-state index in [-0.39, 0.29) is 13.0 Å². The van der Waals surface area contributed by atoms with Gasteiger partial charge in [-0.3, -0.25) is 4.79 Å². The maximum absolute atomic E-state index is 11.6. The number of halogens is 3. The van der Waals surface area contributed by atoms with E-state index >= 15 is 0 Å². The first-order valence-corrected chi connectivity index (χ1v) is 3.91. The Morgan fingerprint density at radius 3 is 2.38 bits per heavy atom. The van der Waals surface area contributed by atoms with Gasteiger partial charge in [-0.25, -0.2) is 0 Å². The number of hydrogen-bond acceptors (Lipinski definition) is 2. The molecule has 0 spiro atoms. The van der Waals surface area contributed by atoms with Gasteiger partial charge in [0, 0.05) is 13.0 Å². The van der Waals surface area contributed by atoms with E-state index in [9.17, 15) is 18.0 Å². The van der Waals surface area contributed by atoms with Gasteiger partial charge >= 0.3 is 12.1 Å². The molecule has 0 rings (SSSR count). The molecule has 6 heteroatoms. The summed E-state index contributed by atoms with van der Waals surface area (Å²) in [7, 11) is 0. The molecule has 0 radical (unpaired) electrons. The predicted octanol–water partition coefficient (Wildman–Crippen LogP) is 1.39. The van der Waals surface area contributed by atoms with E-state index < -0.39 is 18.6 Å². The average Bonchev–Trinajstić information content (AvgIpc) is 1.93. The van der Waals surface area contributed by atoms with Crippen molar-refractivity contribution in [1.29, 1.82) is 0 Å². The Labute approximate surface area is 73.9 Å². The number of aliphatic carboxylic acids is 1. The summed E-state index contributed by atoms with van der Waals surface area (Å²) in [6, 6.07) is 0. The molecule has 0 aliphatic carbocycles. The highest BCUT2D eigenvalue weighted by atomic mass is 19.4. The number of rotatable bonds is 6. The minimum Gasteiger partial charge on any atom is -0.481 e. The van der Waals surface area contributed by atoms with Crippen molar-refractivity contribution in [3.05, 3.63) is 0 Å². The van der Waals surface area contributed by atoms with E-state index in [1.54, 1.807) is 0 Å². The van der Waals surface area contributed by atoms with E-state index in [2.05, 4.69) is 5.32 Å². The highest BCUT2D eigenvalue weighted by molar-refractivity contribution is 5.66. The van der Waals surface area contributed by atoms with Crippen LogP contribution in [0.15, 0.2) is 0 Å². The van der Waals surface area contributed by atoms with Gasteiger partial charge in [0.15, 0.2) is 0 Å². The fourth-order valence-corrected chi connectivity index (χ4v) is 0.720. The van der Waals surface area contributed by atoms with Crippen molar-refractivity contribution in [1.82, 2.24) is 5.32 Å². The molecule has 0 aromatic carbocycles. The third-order valence-electron chi connectivity index (χ3n) is 1.33. The molecule has 0 aliphatic heterocycles. The zero-order valence-corrected chi connectivity index (χ0v) is 7.02. The highest BCUT2D eigenvalue weighted by Gasteiger charge is 2.25. The van der Waals surface area contributed by atoms with Gasteiger partial charge in [-0.2, -0.15) is 13.2 Å². The summed E-state index contributed by atoms with van der Waals surface area (Å²) < 4.78 is 34.7. The molecule has 13 heavy (non-hydrogen) atoms. The number of carbonyl (C=O) groups is 1. The summed E-state index contributed by atoms with van der Waals surface area (Å²) >= 11 is 0. The Bertz CT molecular complexity index is 158. The van der Waals surface area contributed by atoms with Crippen molar-refractivity contribution >= 4 is 5.97 Å². The van der Waals surface area contributed by atoms with Crippen LogP contribution >= 0.6 is 0 Å². The van der Waals surface area contributed by atoms with Crippen molar-refractivity contribution in [3.63, 3.8) is 0 Å². The second-order valence-corrected chi connectivity index (χ2v) is 2.61. The van der Waals surface area contributed by atoms with Crippen molar-refractivity contribution in [2.24, 2.45) is 0 Å². The summed E-state index contributed by atoms with van der Waals surface area (Å²) in [5, 5.41) is 10.7. The maximum Gasteiger partial charge on any atom is 0.390 e. The number of hydrogen-bond donors (Lipinski definition) is 2. The lowest BCUT2D eigenvalue weighted by Crippen LogP contribution is -2.22. The summed E-state index contributed by atoms with van der Waals surface area (Å²) in [5.74, 6) is -0.933. The second kappa shape index (κ2) is 5.80. The van der Waals surface area contributed by atoms with E-state index in [4.69, 9.17) is 5.11 Å². The first-order chi connectivity index (χ1) is 5.92. The molecule has 78 valence electrons. The van der Waals surface area contributed by atoms with Crippen LogP contribution in [0.1, 0.15) is 19.3 Å². The zero-order valence-electron chi connectivity index (χ0n) is 7.02. The van der Waals surface area contributed by atoms with Crippen LogP contribution in [0, 0.1) is 0 Å². The van der Waals surface area contributed by atoms with Crippen LogP contribution in [0.2, 0.25) is 0 Å². The smallest absolute Gasteiger partial charge is 0.390 e. The van der Waals surface area contributed by atoms with Crippen LogP contribution < -0.4 is 5.32 Å². The number of alkyl halides is 3.